The lowest BCUT2D eigenvalue weighted by atomic mass is 10.1. The smallest absolute Gasteiger partial charge is 0.0914 e. The summed E-state index contributed by atoms with van der Waals surface area (Å²) in [5.41, 5.74) is 2.07. The highest BCUT2D eigenvalue weighted by Gasteiger charge is 2.05. The van der Waals surface area contributed by atoms with E-state index in [1.54, 1.807) is 0 Å². The molecule has 0 radical (unpaired) electrons. The van der Waals surface area contributed by atoms with Crippen molar-refractivity contribution in [3.63, 3.8) is 0 Å². The van der Waals surface area contributed by atoms with Crippen molar-refractivity contribution < 1.29 is 5.11 Å². The number of halogens is 1. The van der Waals surface area contributed by atoms with Crippen LogP contribution in [0.1, 0.15) is 17.2 Å². The maximum absolute atomic E-state index is 9.98. The molecule has 0 saturated heterocycles. The number of rotatable bonds is 6. The molecule has 0 aliphatic carbocycles. The van der Waals surface area contributed by atoms with Crippen LogP contribution in [0, 0.1) is 0 Å². The van der Waals surface area contributed by atoms with Gasteiger partial charge in [-0.05, 0) is 30.2 Å². The van der Waals surface area contributed by atoms with Crippen molar-refractivity contribution in [1.29, 1.82) is 0 Å². The topological polar surface area (TPSA) is 32.3 Å². The minimum Gasteiger partial charge on any atom is -0.387 e. The van der Waals surface area contributed by atoms with Crippen LogP contribution in [0.3, 0.4) is 0 Å². The first kappa shape index (κ1) is 14.1. The predicted molar refractivity (Wildman–Crippen MR) is 79.4 cm³/mol. The Morgan fingerprint density at radius 3 is 2.42 bits per heavy atom. The SMILES string of the molecule is OC(CNCCc1ccccc1Cl)c1ccccc1. The second-order valence-electron chi connectivity index (χ2n) is 4.47. The van der Waals surface area contributed by atoms with E-state index in [-0.39, 0.29) is 0 Å². The summed E-state index contributed by atoms with van der Waals surface area (Å²) in [6.45, 7) is 1.35. The van der Waals surface area contributed by atoms with Gasteiger partial charge in [0.15, 0.2) is 0 Å². The zero-order valence-corrected chi connectivity index (χ0v) is 11.5. The summed E-state index contributed by atoms with van der Waals surface area (Å²) in [5.74, 6) is 0. The van der Waals surface area contributed by atoms with Gasteiger partial charge in [-0.25, -0.2) is 0 Å². The Morgan fingerprint density at radius 2 is 1.68 bits per heavy atom. The highest BCUT2D eigenvalue weighted by atomic mass is 35.5. The molecule has 100 valence electrons. The summed E-state index contributed by atoms with van der Waals surface area (Å²) in [6.07, 6.45) is 0.397. The Hall–Kier alpha value is -1.35. The second-order valence-corrected chi connectivity index (χ2v) is 4.88. The van der Waals surface area contributed by atoms with E-state index >= 15 is 0 Å². The van der Waals surface area contributed by atoms with Gasteiger partial charge in [0.1, 0.15) is 0 Å². The number of nitrogens with one attached hydrogen (secondary N) is 1. The van der Waals surface area contributed by atoms with E-state index in [9.17, 15) is 5.11 Å². The Balaban J connectivity index is 1.74. The van der Waals surface area contributed by atoms with Crippen LogP contribution in [-0.4, -0.2) is 18.2 Å². The van der Waals surface area contributed by atoms with Crippen molar-refractivity contribution in [2.75, 3.05) is 13.1 Å². The fraction of sp³-hybridized carbons (Fsp3) is 0.250. The van der Waals surface area contributed by atoms with Gasteiger partial charge in [-0.3, -0.25) is 0 Å². The third kappa shape index (κ3) is 4.35. The molecule has 0 aromatic heterocycles. The normalized spacial score (nSPS) is 12.3. The number of benzene rings is 2. The van der Waals surface area contributed by atoms with E-state index in [0.29, 0.717) is 6.54 Å². The van der Waals surface area contributed by atoms with Gasteiger partial charge < -0.3 is 10.4 Å². The van der Waals surface area contributed by atoms with E-state index < -0.39 is 6.10 Å². The summed E-state index contributed by atoms with van der Waals surface area (Å²) >= 11 is 6.08. The number of aliphatic hydroxyl groups is 1. The maximum Gasteiger partial charge on any atom is 0.0914 e. The molecule has 2 N–H and O–H groups in total. The fourth-order valence-corrected chi connectivity index (χ4v) is 2.19. The molecular weight excluding hydrogens is 258 g/mol. The van der Waals surface area contributed by atoms with E-state index in [0.717, 1.165) is 29.1 Å². The first-order chi connectivity index (χ1) is 9.27. The van der Waals surface area contributed by atoms with Crippen LogP contribution in [0.5, 0.6) is 0 Å². The van der Waals surface area contributed by atoms with E-state index in [4.69, 9.17) is 11.6 Å². The van der Waals surface area contributed by atoms with Crippen molar-refractivity contribution >= 4 is 11.6 Å². The monoisotopic (exact) mass is 275 g/mol. The summed E-state index contributed by atoms with van der Waals surface area (Å²) < 4.78 is 0. The van der Waals surface area contributed by atoms with Crippen molar-refractivity contribution in [3.8, 4) is 0 Å². The zero-order valence-electron chi connectivity index (χ0n) is 10.7. The highest BCUT2D eigenvalue weighted by Crippen LogP contribution is 2.15. The summed E-state index contributed by atoms with van der Waals surface area (Å²) in [7, 11) is 0. The average Bonchev–Trinajstić information content (AvgIpc) is 2.46. The lowest BCUT2D eigenvalue weighted by Gasteiger charge is -2.12. The molecule has 0 heterocycles. The van der Waals surface area contributed by atoms with Gasteiger partial charge >= 0.3 is 0 Å². The molecular formula is C16H18ClNO. The van der Waals surface area contributed by atoms with Crippen LogP contribution in [0.2, 0.25) is 5.02 Å². The molecule has 2 nitrogen and oxygen atoms in total. The molecule has 0 fully saturated rings. The standard InChI is InChI=1S/C16H18ClNO/c17-15-9-5-4-6-13(15)10-11-18-12-16(19)14-7-2-1-3-8-14/h1-9,16,18-19H,10-12H2. The van der Waals surface area contributed by atoms with E-state index in [2.05, 4.69) is 5.32 Å². The molecule has 2 aromatic rings. The minimum absolute atomic E-state index is 0.465. The number of hydrogen-bond donors (Lipinski definition) is 2. The van der Waals surface area contributed by atoms with Gasteiger partial charge in [0.2, 0.25) is 0 Å². The first-order valence-corrected chi connectivity index (χ1v) is 6.82. The van der Waals surface area contributed by atoms with Crippen molar-refractivity contribution in [3.05, 3.63) is 70.7 Å². The third-order valence-electron chi connectivity index (χ3n) is 3.05. The minimum atomic E-state index is -0.465. The number of hydrogen-bond acceptors (Lipinski definition) is 2. The van der Waals surface area contributed by atoms with Crippen molar-refractivity contribution in [2.24, 2.45) is 0 Å². The fourth-order valence-electron chi connectivity index (χ4n) is 1.96. The van der Waals surface area contributed by atoms with E-state index in [1.165, 1.54) is 0 Å². The molecule has 19 heavy (non-hydrogen) atoms. The Morgan fingerprint density at radius 1 is 1.00 bits per heavy atom. The van der Waals surface area contributed by atoms with Crippen LogP contribution in [0.25, 0.3) is 0 Å². The van der Waals surface area contributed by atoms with Gasteiger partial charge in [0.05, 0.1) is 6.10 Å². The van der Waals surface area contributed by atoms with Gasteiger partial charge in [0, 0.05) is 11.6 Å². The molecule has 0 spiro atoms. The van der Waals surface area contributed by atoms with Crippen molar-refractivity contribution in [1.82, 2.24) is 5.32 Å². The number of aliphatic hydroxyl groups excluding tert-OH is 1. The second kappa shape index (κ2) is 7.29. The largest absolute Gasteiger partial charge is 0.387 e. The van der Waals surface area contributed by atoms with Crippen LogP contribution in [0.15, 0.2) is 54.6 Å². The summed E-state index contributed by atoms with van der Waals surface area (Å²) in [5, 5.41) is 14.0. The summed E-state index contributed by atoms with van der Waals surface area (Å²) in [4.78, 5) is 0. The molecule has 3 heteroatoms. The molecule has 0 aliphatic rings. The average molecular weight is 276 g/mol. The molecule has 1 unspecified atom stereocenters. The lowest BCUT2D eigenvalue weighted by molar-refractivity contribution is 0.175. The van der Waals surface area contributed by atoms with Crippen LogP contribution in [0.4, 0.5) is 0 Å². The molecule has 2 aromatic carbocycles. The summed E-state index contributed by atoms with van der Waals surface area (Å²) in [6, 6.07) is 17.5. The van der Waals surface area contributed by atoms with Gasteiger partial charge in [0.25, 0.3) is 0 Å². The quantitative estimate of drug-likeness (QED) is 0.794. The predicted octanol–water partition coefficient (Wildman–Crippen LogP) is 3.21. The lowest BCUT2D eigenvalue weighted by Crippen LogP contribution is -2.23. The molecule has 2 rings (SSSR count). The van der Waals surface area contributed by atoms with Crippen LogP contribution in [-0.2, 0) is 6.42 Å². The Kier molecular flexibility index (Phi) is 5.40. The van der Waals surface area contributed by atoms with Crippen LogP contribution >= 0.6 is 11.6 Å². The van der Waals surface area contributed by atoms with Gasteiger partial charge in [-0.2, -0.15) is 0 Å². The molecule has 0 bridgehead atoms. The van der Waals surface area contributed by atoms with E-state index in [1.807, 2.05) is 54.6 Å². The van der Waals surface area contributed by atoms with Gasteiger partial charge in [-0.1, -0.05) is 60.1 Å². The zero-order chi connectivity index (χ0) is 13.5. The Labute approximate surface area is 119 Å². The van der Waals surface area contributed by atoms with Crippen molar-refractivity contribution in [2.45, 2.75) is 12.5 Å². The molecule has 0 aliphatic heterocycles. The highest BCUT2D eigenvalue weighted by molar-refractivity contribution is 6.31. The third-order valence-corrected chi connectivity index (χ3v) is 3.42. The first-order valence-electron chi connectivity index (χ1n) is 6.44. The van der Waals surface area contributed by atoms with Gasteiger partial charge in [-0.15, -0.1) is 0 Å². The van der Waals surface area contributed by atoms with Crippen LogP contribution < -0.4 is 5.32 Å². The molecule has 0 amide bonds. The Bertz CT molecular complexity index is 501. The molecule has 1 atom stereocenters. The molecule has 0 saturated carbocycles. The maximum atomic E-state index is 9.98.